The highest BCUT2D eigenvalue weighted by Gasteiger charge is 2.81. The van der Waals surface area contributed by atoms with Gasteiger partial charge in [-0.25, -0.2) is 12.8 Å². The van der Waals surface area contributed by atoms with Crippen molar-refractivity contribution in [2.24, 2.45) is 5.41 Å². The summed E-state index contributed by atoms with van der Waals surface area (Å²) < 4.78 is 50.4. The molecule has 3 rings (SSSR count). The van der Waals surface area contributed by atoms with Gasteiger partial charge in [0.15, 0.2) is 15.3 Å². The molecule has 154 valence electrons. The van der Waals surface area contributed by atoms with Crippen LogP contribution in [0.4, 0.5) is 4.39 Å². The quantitative estimate of drug-likeness (QED) is 0.506. The second kappa shape index (κ2) is 7.94. The van der Waals surface area contributed by atoms with Crippen LogP contribution in [0.15, 0.2) is 59.5 Å². The van der Waals surface area contributed by atoms with Crippen molar-refractivity contribution in [2.45, 2.75) is 29.9 Å². The molecule has 0 N–H and O–H groups in total. The lowest BCUT2D eigenvalue weighted by Gasteiger charge is -2.15. The van der Waals surface area contributed by atoms with E-state index in [4.69, 9.17) is 9.47 Å². The molecule has 0 aromatic heterocycles. The predicted molar refractivity (Wildman–Crippen MR) is 102 cm³/mol. The molecule has 2 atom stereocenters. The van der Waals surface area contributed by atoms with Gasteiger partial charge in [0, 0.05) is 5.92 Å². The summed E-state index contributed by atoms with van der Waals surface area (Å²) in [5.74, 6) is -3.49. The summed E-state index contributed by atoms with van der Waals surface area (Å²) in [5, 5.41) is -1.42. The molecule has 1 fully saturated rings. The zero-order chi connectivity index (χ0) is 21.2. The molecular weight excluding hydrogens is 399 g/mol. The first-order valence-electron chi connectivity index (χ1n) is 9.20. The van der Waals surface area contributed by atoms with Crippen molar-refractivity contribution in [3.8, 4) is 0 Å². The second-order valence-corrected chi connectivity index (χ2v) is 8.69. The van der Waals surface area contributed by atoms with Crippen LogP contribution in [0.1, 0.15) is 25.3 Å². The number of ether oxygens (including phenoxy) is 2. The van der Waals surface area contributed by atoms with Crippen LogP contribution in [0.2, 0.25) is 0 Å². The van der Waals surface area contributed by atoms with Crippen LogP contribution in [0, 0.1) is 11.2 Å². The van der Waals surface area contributed by atoms with Gasteiger partial charge in [0.05, 0.1) is 18.1 Å². The molecule has 8 heteroatoms. The zero-order valence-corrected chi connectivity index (χ0v) is 16.8. The van der Waals surface area contributed by atoms with Crippen molar-refractivity contribution < 1.29 is 31.9 Å². The first-order valence-corrected chi connectivity index (χ1v) is 10.7. The number of esters is 2. The van der Waals surface area contributed by atoms with Crippen LogP contribution < -0.4 is 0 Å². The molecule has 6 nitrogen and oxygen atoms in total. The Labute approximate surface area is 168 Å². The summed E-state index contributed by atoms with van der Waals surface area (Å²) in [6, 6.07) is 12.6. The minimum absolute atomic E-state index is 0.0208. The largest absolute Gasteiger partial charge is 0.465 e. The monoisotopic (exact) mass is 420 g/mol. The molecule has 1 saturated carbocycles. The Balaban J connectivity index is 2.19. The van der Waals surface area contributed by atoms with Gasteiger partial charge in [0.2, 0.25) is 0 Å². The fraction of sp³-hybridized carbons (Fsp3) is 0.333. The molecule has 2 unspecified atom stereocenters. The van der Waals surface area contributed by atoms with E-state index in [9.17, 15) is 22.4 Å². The highest BCUT2D eigenvalue weighted by atomic mass is 32.2. The molecule has 2 aromatic carbocycles. The van der Waals surface area contributed by atoms with Crippen LogP contribution in [0.25, 0.3) is 0 Å². The van der Waals surface area contributed by atoms with Crippen LogP contribution >= 0.6 is 0 Å². The number of hydrogen-bond donors (Lipinski definition) is 0. The SMILES string of the molecule is CCOC(=O)C1(C(=O)OCC)C(c2ccc(F)cc2)C1S(=O)(=O)c1ccccc1. The fourth-order valence-electron chi connectivity index (χ4n) is 3.72. The number of halogens is 1. The first kappa shape index (κ1) is 21.0. The number of carbonyl (C=O) groups excluding carboxylic acids is 2. The first-order chi connectivity index (χ1) is 13.8. The average Bonchev–Trinajstić information content (AvgIpc) is 3.42. The number of sulfone groups is 1. The van der Waals surface area contributed by atoms with E-state index in [0.717, 1.165) is 12.1 Å². The van der Waals surface area contributed by atoms with Crippen molar-refractivity contribution in [1.29, 1.82) is 0 Å². The molecule has 29 heavy (non-hydrogen) atoms. The van der Waals surface area contributed by atoms with E-state index < -0.39 is 44.2 Å². The van der Waals surface area contributed by atoms with Crippen LogP contribution in [-0.4, -0.2) is 38.8 Å². The van der Waals surface area contributed by atoms with Crippen molar-refractivity contribution in [3.63, 3.8) is 0 Å². The van der Waals surface area contributed by atoms with E-state index in [-0.39, 0.29) is 18.1 Å². The lowest BCUT2D eigenvalue weighted by molar-refractivity contribution is -0.164. The minimum Gasteiger partial charge on any atom is -0.465 e. The zero-order valence-electron chi connectivity index (χ0n) is 16.0. The molecule has 0 radical (unpaired) electrons. The second-order valence-electron chi connectivity index (χ2n) is 6.62. The summed E-state index contributed by atoms with van der Waals surface area (Å²) in [4.78, 5) is 25.8. The highest BCUT2D eigenvalue weighted by molar-refractivity contribution is 7.92. The van der Waals surface area contributed by atoms with Gasteiger partial charge in [-0.3, -0.25) is 9.59 Å². The fourth-order valence-corrected chi connectivity index (χ4v) is 6.02. The Morgan fingerprint density at radius 3 is 1.93 bits per heavy atom. The van der Waals surface area contributed by atoms with Crippen LogP contribution in [0.5, 0.6) is 0 Å². The van der Waals surface area contributed by atoms with Gasteiger partial charge < -0.3 is 9.47 Å². The summed E-state index contributed by atoms with van der Waals surface area (Å²) >= 11 is 0. The lowest BCUT2D eigenvalue weighted by Crippen LogP contribution is -2.35. The van der Waals surface area contributed by atoms with Crippen LogP contribution in [-0.2, 0) is 28.9 Å². The number of benzene rings is 2. The smallest absolute Gasteiger partial charge is 0.325 e. The molecule has 0 saturated heterocycles. The van der Waals surface area contributed by atoms with Gasteiger partial charge in [-0.05, 0) is 43.7 Å². The number of rotatable bonds is 7. The van der Waals surface area contributed by atoms with E-state index in [1.165, 1.54) is 24.3 Å². The normalized spacial score (nSPS) is 20.0. The minimum atomic E-state index is -4.10. The van der Waals surface area contributed by atoms with Crippen molar-refractivity contribution >= 4 is 21.8 Å². The van der Waals surface area contributed by atoms with Gasteiger partial charge in [0.25, 0.3) is 0 Å². The van der Waals surface area contributed by atoms with Crippen molar-refractivity contribution in [3.05, 3.63) is 66.0 Å². The Morgan fingerprint density at radius 1 is 0.931 bits per heavy atom. The maximum atomic E-state index is 13.4. The Morgan fingerprint density at radius 2 is 1.45 bits per heavy atom. The molecule has 0 spiro atoms. The molecule has 0 heterocycles. The van der Waals surface area contributed by atoms with E-state index in [2.05, 4.69) is 0 Å². The van der Waals surface area contributed by atoms with E-state index >= 15 is 0 Å². The Bertz CT molecular complexity index is 983. The van der Waals surface area contributed by atoms with Gasteiger partial charge in [0.1, 0.15) is 11.1 Å². The summed E-state index contributed by atoms with van der Waals surface area (Å²) in [6.45, 7) is 3.06. The molecule has 0 amide bonds. The van der Waals surface area contributed by atoms with Crippen LogP contribution in [0.3, 0.4) is 0 Å². The summed E-state index contributed by atoms with van der Waals surface area (Å²) in [7, 11) is -4.10. The summed E-state index contributed by atoms with van der Waals surface area (Å²) in [5.41, 5.74) is -1.70. The molecule has 1 aliphatic carbocycles. The Hall–Kier alpha value is -2.74. The maximum Gasteiger partial charge on any atom is 0.325 e. The highest BCUT2D eigenvalue weighted by Crippen LogP contribution is 2.65. The topological polar surface area (TPSA) is 86.7 Å². The molecule has 0 bridgehead atoms. The van der Waals surface area contributed by atoms with E-state index in [1.54, 1.807) is 32.0 Å². The Kier molecular flexibility index (Phi) is 5.75. The maximum absolute atomic E-state index is 13.4. The number of carbonyl (C=O) groups is 2. The van der Waals surface area contributed by atoms with Gasteiger partial charge in [-0.2, -0.15) is 0 Å². The third-order valence-corrected chi connectivity index (χ3v) is 7.24. The van der Waals surface area contributed by atoms with Crippen molar-refractivity contribution in [1.82, 2.24) is 0 Å². The lowest BCUT2D eigenvalue weighted by atomic mass is 9.99. The summed E-state index contributed by atoms with van der Waals surface area (Å²) in [6.07, 6.45) is 0. The molecule has 2 aromatic rings. The van der Waals surface area contributed by atoms with Gasteiger partial charge >= 0.3 is 11.9 Å². The standard InChI is InChI=1S/C21H21FO6S/c1-3-27-19(23)21(20(24)28-4-2)17(14-10-12-15(22)13-11-14)18(21)29(25,26)16-8-6-5-7-9-16/h5-13,17-18H,3-4H2,1-2H3. The van der Waals surface area contributed by atoms with Gasteiger partial charge in [-0.1, -0.05) is 30.3 Å². The van der Waals surface area contributed by atoms with Gasteiger partial charge in [-0.15, -0.1) is 0 Å². The third kappa shape index (κ3) is 3.42. The predicted octanol–water partition coefficient (Wildman–Crippen LogP) is 2.88. The van der Waals surface area contributed by atoms with E-state index in [1.807, 2.05) is 0 Å². The molecule has 1 aliphatic rings. The third-order valence-electron chi connectivity index (χ3n) is 4.99. The number of hydrogen-bond acceptors (Lipinski definition) is 6. The van der Waals surface area contributed by atoms with Crippen molar-refractivity contribution in [2.75, 3.05) is 13.2 Å². The molecular formula is C21H21FO6S. The average molecular weight is 420 g/mol. The van der Waals surface area contributed by atoms with E-state index in [0.29, 0.717) is 5.56 Å². The molecule has 0 aliphatic heterocycles.